The maximum Gasteiger partial charge on any atom is 0.287 e. The summed E-state index contributed by atoms with van der Waals surface area (Å²) in [5.41, 5.74) is 0.840. The lowest BCUT2D eigenvalue weighted by molar-refractivity contribution is -0.141. The van der Waals surface area contributed by atoms with Crippen LogP contribution in [-0.2, 0) is 37.2 Å². The fourth-order valence-corrected chi connectivity index (χ4v) is 5.27. The number of nitrogens with one attached hydrogen (secondary N) is 2. The van der Waals surface area contributed by atoms with Crippen LogP contribution >= 0.6 is 0 Å². The van der Waals surface area contributed by atoms with E-state index in [1.807, 2.05) is 19.9 Å². The van der Waals surface area contributed by atoms with E-state index in [0.717, 1.165) is 18.5 Å². The number of benzene rings is 1. The van der Waals surface area contributed by atoms with E-state index in [9.17, 15) is 22.8 Å². The van der Waals surface area contributed by atoms with E-state index in [0.29, 0.717) is 18.8 Å². The van der Waals surface area contributed by atoms with Crippen molar-refractivity contribution < 1.29 is 22.8 Å². The molecule has 2 N–H and O–H groups in total. The lowest BCUT2D eigenvalue weighted by Crippen LogP contribution is -2.44. The number of ketones is 2. The van der Waals surface area contributed by atoms with Gasteiger partial charge in [0.2, 0.25) is 15.8 Å². The Balaban J connectivity index is 1.85. The zero-order valence-electron chi connectivity index (χ0n) is 20.1. The molecule has 1 aromatic heterocycles. The van der Waals surface area contributed by atoms with Crippen molar-refractivity contribution in [3.8, 4) is 0 Å². The molecule has 9 nitrogen and oxygen atoms in total. The first-order valence-corrected chi connectivity index (χ1v) is 13.4. The van der Waals surface area contributed by atoms with E-state index in [-0.39, 0.29) is 30.1 Å². The average molecular weight is 501 g/mol. The number of aromatic nitrogens is 2. The molecule has 35 heavy (non-hydrogen) atoms. The molecule has 2 aromatic rings. The molecule has 0 saturated heterocycles. The van der Waals surface area contributed by atoms with Gasteiger partial charge in [-0.2, -0.15) is 0 Å². The molecule has 0 radical (unpaired) electrons. The van der Waals surface area contributed by atoms with Crippen molar-refractivity contribution in [2.24, 2.45) is 11.8 Å². The molecule has 2 heterocycles. The van der Waals surface area contributed by atoms with Gasteiger partial charge >= 0.3 is 0 Å². The molecule has 1 amide bonds. The normalized spacial score (nSPS) is 18.3. The van der Waals surface area contributed by atoms with Gasteiger partial charge in [-0.05, 0) is 49.8 Å². The van der Waals surface area contributed by atoms with Crippen molar-refractivity contribution in [1.29, 1.82) is 0 Å². The minimum atomic E-state index is -3.95. The van der Waals surface area contributed by atoms with Crippen LogP contribution in [0.5, 0.6) is 0 Å². The van der Waals surface area contributed by atoms with Crippen LogP contribution in [0.25, 0.3) is 0 Å². The molecule has 0 aliphatic carbocycles. The van der Waals surface area contributed by atoms with Crippen LogP contribution in [0.1, 0.15) is 51.0 Å². The van der Waals surface area contributed by atoms with Gasteiger partial charge in [-0.25, -0.2) is 23.1 Å². The Labute approximate surface area is 206 Å². The van der Waals surface area contributed by atoms with Gasteiger partial charge in [0.05, 0.1) is 10.9 Å². The summed E-state index contributed by atoms with van der Waals surface area (Å²) in [6.07, 6.45) is 3.82. The molecule has 188 valence electrons. The van der Waals surface area contributed by atoms with Gasteiger partial charge in [0, 0.05) is 37.2 Å². The van der Waals surface area contributed by atoms with E-state index in [1.54, 1.807) is 24.4 Å². The maximum absolute atomic E-state index is 13.4. The van der Waals surface area contributed by atoms with Crippen molar-refractivity contribution in [2.75, 3.05) is 6.54 Å². The van der Waals surface area contributed by atoms with Crippen molar-refractivity contribution in [3.63, 3.8) is 0 Å². The lowest BCUT2D eigenvalue weighted by Gasteiger charge is -2.22. The number of carbonyl (C=O) groups excluding carboxylic acids is 3. The van der Waals surface area contributed by atoms with Gasteiger partial charge in [-0.3, -0.25) is 14.4 Å². The first kappa shape index (κ1) is 26.6. The topological polar surface area (TPSA) is 135 Å². The summed E-state index contributed by atoms with van der Waals surface area (Å²) >= 11 is 0. The van der Waals surface area contributed by atoms with Crippen molar-refractivity contribution in [2.45, 2.75) is 63.3 Å². The number of nitrogens with zero attached hydrogens (tertiary/aromatic N) is 2. The molecule has 3 rings (SSSR count). The van der Waals surface area contributed by atoms with Crippen molar-refractivity contribution in [1.82, 2.24) is 20.0 Å². The highest BCUT2D eigenvalue weighted by Crippen LogP contribution is 2.19. The first-order chi connectivity index (χ1) is 16.7. The van der Waals surface area contributed by atoms with E-state index < -0.39 is 39.5 Å². The number of amides is 1. The Morgan fingerprint density at radius 1 is 1.14 bits per heavy atom. The number of aryl methyl sites for hydroxylation is 1. The first-order valence-electron chi connectivity index (χ1n) is 11.9. The van der Waals surface area contributed by atoms with Gasteiger partial charge in [0.25, 0.3) is 5.91 Å². The van der Waals surface area contributed by atoms with Crippen LogP contribution in [0.2, 0.25) is 0 Å². The minimum absolute atomic E-state index is 0.0118. The predicted octanol–water partition coefficient (Wildman–Crippen LogP) is 2.01. The molecule has 1 aromatic carbocycles. The summed E-state index contributed by atoms with van der Waals surface area (Å²) < 4.78 is 28.3. The molecule has 0 spiro atoms. The smallest absolute Gasteiger partial charge is 0.287 e. The highest BCUT2D eigenvalue weighted by Gasteiger charge is 2.33. The maximum atomic E-state index is 13.4. The number of carbonyl (C=O) groups is 3. The Morgan fingerprint density at radius 3 is 2.60 bits per heavy atom. The molecule has 2 bridgehead atoms. The van der Waals surface area contributed by atoms with Gasteiger partial charge in [0.1, 0.15) is 5.82 Å². The summed E-state index contributed by atoms with van der Waals surface area (Å²) in [7, 11) is -3.95. The second kappa shape index (κ2) is 12.1. The molecule has 10 heteroatoms. The van der Waals surface area contributed by atoms with Crippen LogP contribution in [0.3, 0.4) is 0 Å². The van der Waals surface area contributed by atoms with Crippen LogP contribution in [0.15, 0.2) is 47.5 Å². The summed E-state index contributed by atoms with van der Waals surface area (Å²) in [5, 5.41) is 2.63. The highest BCUT2D eigenvalue weighted by atomic mass is 32.2. The number of hydrogen-bond donors (Lipinski definition) is 2. The quantitative estimate of drug-likeness (QED) is 0.529. The molecule has 1 aliphatic heterocycles. The average Bonchev–Trinajstić information content (AvgIpc) is 2.82. The summed E-state index contributed by atoms with van der Waals surface area (Å²) in [5.74, 6) is -2.52. The summed E-state index contributed by atoms with van der Waals surface area (Å²) in [6, 6.07) is 8.58. The molecule has 2 atom stereocenters. The zero-order chi connectivity index (χ0) is 25.4. The van der Waals surface area contributed by atoms with E-state index >= 15 is 0 Å². The lowest BCUT2D eigenvalue weighted by atomic mass is 9.89. The van der Waals surface area contributed by atoms with E-state index in [4.69, 9.17) is 0 Å². The number of Topliss-reactive ketones (excluding diaryl/α,β-unsaturated/α-hetero) is 2. The van der Waals surface area contributed by atoms with E-state index in [2.05, 4.69) is 20.0 Å². The van der Waals surface area contributed by atoms with Crippen LogP contribution in [0, 0.1) is 11.8 Å². The summed E-state index contributed by atoms with van der Waals surface area (Å²) in [4.78, 5) is 47.6. The Morgan fingerprint density at radius 2 is 1.89 bits per heavy atom. The molecule has 2 unspecified atom stereocenters. The molecular weight excluding hydrogens is 468 g/mol. The second-order valence-corrected chi connectivity index (χ2v) is 10.9. The van der Waals surface area contributed by atoms with Gasteiger partial charge in [0.15, 0.2) is 5.78 Å². The Hall–Kier alpha value is -2.98. The molecule has 0 fully saturated rings. The SMILES string of the molecule is CC(C)CC(NS(=O)(=O)c1ccccc1)C(=O)CC1Cc2nccc(n2)CCCCNC(=O)C1=O. The van der Waals surface area contributed by atoms with E-state index in [1.165, 1.54) is 12.1 Å². The number of sulfonamides is 1. The van der Waals surface area contributed by atoms with Crippen LogP contribution < -0.4 is 10.0 Å². The molecule has 1 aliphatic rings. The van der Waals surface area contributed by atoms with Crippen LogP contribution in [0.4, 0.5) is 0 Å². The van der Waals surface area contributed by atoms with Gasteiger partial charge in [-0.1, -0.05) is 32.0 Å². The van der Waals surface area contributed by atoms with Gasteiger partial charge in [-0.15, -0.1) is 0 Å². The standard InChI is InChI=1S/C25H32N4O5S/c1-17(2)14-21(29-35(33,34)20-9-4-3-5-10-20)22(30)15-18-16-23-26-13-11-19(28-23)8-6-7-12-27-25(32)24(18)31/h3-5,9-11,13,17-18,21,29H,6-8,12,14-16H2,1-2H3,(H,27,32). The third kappa shape index (κ3) is 7.76. The predicted molar refractivity (Wildman–Crippen MR) is 130 cm³/mol. The Kier molecular flexibility index (Phi) is 9.22. The third-order valence-electron chi connectivity index (χ3n) is 5.83. The Bertz CT molecular complexity index is 1150. The molecule has 0 saturated carbocycles. The van der Waals surface area contributed by atoms with Gasteiger partial charge < -0.3 is 5.32 Å². The largest absolute Gasteiger partial charge is 0.349 e. The van der Waals surface area contributed by atoms with Crippen molar-refractivity contribution >= 4 is 27.5 Å². The number of fused-ring (bicyclic) bond motifs is 2. The number of hydrogen-bond acceptors (Lipinski definition) is 7. The monoisotopic (exact) mass is 500 g/mol. The fourth-order valence-electron chi connectivity index (χ4n) is 4.02. The fraction of sp³-hybridized carbons (Fsp3) is 0.480. The highest BCUT2D eigenvalue weighted by molar-refractivity contribution is 7.89. The van der Waals surface area contributed by atoms with Crippen molar-refractivity contribution in [3.05, 3.63) is 54.1 Å². The third-order valence-corrected chi connectivity index (χ3v) is 7.31. The number of rotatable bonds is 8. The summed E-state index contributed by atoms with van der Waals surface area (Å²) in [6.45, 7) is 4.12. The zero-order valence-corrected chi connectivity index (χ0v) is 20.9. The minimum Gasteiger partial charge on any atom is -0.349 e. The molecular formula is C25H32N4O5S. The second-order valence-electron chi connectivity index (χ2n) is 9.23. The van der Waals surface area contributed by atoms with Crippen LogP contribution in [-0.4, -0.2) is 48.4 Å².